The third-order valence-electron chi connectivity index (χ3n) is 3.00. The molecular weight excluding hydrogens is 273 g/mol. The summed E-state index contributed by atoms with van der Waals surface area (Å²) in [5.41, 5.74) is 1.31. The van der Waals surface area contributed by atoms with E-state index >= 15 is 0 Å². The van der Waals surface area contributed by atoms with Crippen LogP contribution in [0.2, 0.25) is 0 Å². The molecule has 0 fully saturated rings. The molecule has 0 bridgehead atoms. The molecule has 0 radical (unpaired) electrons. The summed E-state index contributed by atoms with van der Waals surface area (Å²) in [6.45, 7) is 4.51. The highest BCUT2D eigenvalue weighted by molar-refractivity contribution is 5.92. The normalized spacial score (nSPS) is 12.1. The maximum Gasteiger partial charge on any atom is 0.238 e. The predicted octanol–water partition coefficient (Wildman–Crippen LogP) is 1.34. The van der Waals surface area contributed by atoms with Crippen molar-refractivity contribution in [2.45, 2.75) is 26.4 Å². The number of halogens is 1. The number of anilines is 1. The number of nitrogens with one attached hydrogen (secondary N) is 2. The second kappa shape index (κ2) is 6.94. The first kappa shape index (κ1) is 15.1. The van der Waals surface area contributed by atoms with Gasteiger partial charge in [0.25, 0.3) is 0 Å². The Labute approximate surface area is 122 Å². The summed E-state index contributed by atoms with van der Waals surface area (Å²) in [5.74, 6) is -0.486. The average Bonchev–Trinajstić information content (AvgIpc) is 2.92. The molecule has 2 aromatic rings. The molecule has 112 valence electrons. The first-order valence-electron chi connectivity index (χ1n) is 6.66. The number of benzene rings is 1. The fourth-order valence-corrected chi connectivity index (χ4v) is 1.90. The van der Waals surface area contributed by atoms with E-state index in [0.717, 1.165) is 0 Å². The van der Waals surface area contributed by atoms with E-state index in [2.05, 4.69) is 20.7 Å². The molecule has 6 nitrogen and oxygen atoms in total. The van der Waals surface area contributed by atoms with Crippen LogP contribution in [0.4, 0.5) is 10.1 Å². The first-order chi connectivity index (χ1) is 10.0. The van der Waals surface area contributed by atoms with Crippen LogP contribution in [0.25, 0.3) is 0 Å². The van der Waals surface area contributed by atoms with Crippen molar-refractivity contribution in [2.24, 2.45) is 0 Å². The monoisotopic (exact) mass is 291 g/mol. The second-order valence-electron chi connectivity index (χ2n) is 4.91. The molecule has 0 spiro atoms. The molecule has 2 N–H and O–H groups in total. The zero-order valence-electron chi connectivity index (χ0n) is 12.0. The standard InChI is InChI=1S/C14H18FN5O/c1-10-5-12(15)3-4-13(10)19-14(21)6-17-11(2)7-20-9-16-8-18-20/h3-5,8-9,11,17H,6-7H2,1-2H3,(H,19,21)/t11-/m0/s1. The molecule has 0 aliphatic rings. The smallest absolute Gasteiger partial charge is 0.238 e. The number of nitrogens with zero attached hydrogens (tertiary/aromatic N) is 3. The lowest BCUT2D eigenvalue weighted by molar-refractivity contribution is -0.115. The van der Waals surface area contributed by atoms with Crippen LogP contribution in [-0.2, 0) is 11.3 Å². The average molecular weight is 291 g/mol. The zero-order chi connectivity index (χ0) is 15.2. The Morgan fingerprint density at radius 2 is 2.29 bits per heavy atom. The van der Waals surface area contributed by atoms with E-state index in [4.69, 9.17) is 0 Å². The lowest BCUT2D eigenvalue weighted by Crippen LogP contribution is -2.37. The van der Waals surface area contributed by atoms with Crippen molar-refractivity contribution < 1.29 is 9.18 Å². The Hall–Kier alpha value is -2.28. The van der Waals surface area contributed by atoms with Crippen molar-refractivity contribution in [2.75, 3.05) is 11.9 Å². The number of amides is 1. The molecular formula is C14H18FN5O. The van der Waals surface area contributed by atoms with Gasteiger partial charge in [-0.1, -0.05) is 0 Å². The van der Waals surface area contributed by atoms with Crippen molar-refractivity contribution in [1.82, 2.24) is 20.1 Å². The molecule has 0 unspecified atom stereocenters. The molecule has 1 heterocycles. The van der Waals surface area contributed by atoms with Crippen LogP contribution in [-0.4, -0.2) is 33.3 Å². The van der Waals surface area contributed by atoms with Gasteiger partial charge in [-0.3, -0.25) is 9.48 Å². The highest BCUT2D eigenvalue weighted by Gasteiger charge is 2.08. The number of hydrogen-bond donors (Lipinski definition) is 2. The fraction of sp³-hybridized carbons (Fsp3) is 0.357. The first-order valence-corrected chi connectivity index (χ1v) is 6.66. The third-order valence-corrected chi connectivity index (χ3v) is 3.00. The molecule has 21 heavy (non-hydrogen) atoms. The molecule has 0 aliphatic heterocycles. The molecule has 2 rings (SSSR count). The van der Waals surface area contributed by atoms with Gasteiger partial charge >= 0.3 is 0 Å². The topological polar surface area (TPSA) is 71.8 Å². The van der Waals surface area contributed by atoms with E-state index in [1.165, 1.54) is 18.5 Å². The second-order valence-corrected chi connectivity index (χ2v) is 4.91. The van der Waals surface area contributed by atoms with Gasteiger partial charge in [0.15, 0.2) is 0 Å². The number of aryl methyl sites for hydroxylation is 1. The number of rotatable bonds is 6. The molecule has 0 saturated heterocycles. The van der Waals surface area contributed by atoms with Crippen molar-refractivity contribution >= 4 is 11.6 Å². The summed E-state index contributed by atoms with van der Waals surface area (Å²) in [4.78, 5) is 15.7. The molecule has 0 aliphatic carbocycles. The summed E-state index contributed by atoms with van der Waals surface area (Å²) >= 11 is 0. The maximum atomic E-state index is 13.0. The van der Waals surface area contributed by atoms with Gasteiger partial charge in [-0.25, -0.2) is 9.37 Å². The predicted molar refractivity (Wildman–Crippen MR) is 77.3 cm³/mol. The van der Waals surface area contributed by atoms with Gasteiger partial charge in [0, 0.05) is 11.7 Å². The Balaban J connectivity index is 1.79. The van der Waals surface area contributed by atoms with Gasteiger partial charge in [-0.2, -0.15) is 5.10 Å². The van der Waals surface area contributed by atoms with Gasteiger partial charge in [0.1, 0.15) is 18.5 Å². The molecule has 1 amide bonds. The summed E-state index contributed by atoms with van der Waals surface area (Å²) in [5, 5.41) is 9.85. The van der Waals surface area contributed by atoms with Crippen LogP contribution in [0.5, 0.6) is 0 Å². The minimum absolute atomic E-state index is 0.0757. The molecule has 1 aromatic carbocycles. The highest BCUT2D eigenvalue weighted by Crippen LogP contribution is 2.15. The van der Waals surface area contributed by atoms with E-state index < -0.39 is 0 Å². The third kappa shape index (κ3) is 4.64. The quantitative estimate of drug-likeness (QED) is 0.842. The van der Waals surface area contributed by atoms with Crippen LogP contribution >= 0.6 is 0 Å². The SMILES string of the molecule is Cc1cc(F)ccc1NC(=O)CN[C@@H](C)Cn1cncn1. The summed E-state index contributed by atoms with van der Waals surface area (Å²) in [7, 11) is 0. The van der Waals surface area contributed by atoms with E-state index in [0.29, 0.717) is 17.8 Å². The Bertz CT molecular complexity index is 599. The van der Waals surface area contributed by atoms with E-state index in [9.17, 15) is 9.18 Å². The number of aromatic nitrogens is 3. The molecule has 0 saturated carbocycles. The minimum atomic E-state index is -0.315. The van der Waals surface area contributed by atoms with E-state index in [-0.39, 0.29) is 24.3 Å². The van der Waals surface area contributed by atoms with Crippen molar-refractivity contribution in [3.05, 3.63) is 42.2 Å². The van der Waals surface area contributed by atoms with Gasteiger partial charge in [-0.15, -0.1) is 0 Å². The van der Waals surface area contributed by atoms with Gasteiger partial charge < -0.3 is 10.6 Å². The fourth-order valence-electron chi connectivity index (χ4n) is 1.90. The van der Waals surface area contributed by atoms with Crippen molar-refractivity contribution in [3.63, 3.8) is 0 Å². The molecule has 1 aromatic heterocycles. The van der Waals surface area contributed by atoms with Crippen LogP contribution in [0, 0.1) is 12.7 Å². The van der Waals surface area contributed by atoms with Crippen molar-refractivity contribution in [3.8, 4) is 0 Å². The van der Waals surface area contributed by atoms with E-state index in [1.54, 1.807) is 24.0 Å². The maximum absolute atomic E-state index is 13.0. The number of carbonyl (C=O) groups excluding carboxylic acids is 1. The minimum Gasteiger partial charge on any atom is -0.325 e. The summed E-state index contributed by atoms with van der Waals surface area (Å²) < 4.78 is 14.7. The Morgan fingerprint density at radius 1 is 1.48 bits per heavy atom. The Kier molecular flexibility index (Phi) is 4.99. The summed E-state index contributed by atoms with van der Waals surface area (Å²) in [6, 6.07) is 4.34. The zero-order valence-corrected chi connectivity index (χ0v) is 12.0. The largest absolute Gasteiger partial charge is 0.325 e. The Morgan fingerprint density at radius 3 is 2.95 bits per heavy atom. The van der Waals surface area contributed by atoms with Crippen LogP contribution in [0.3, 0.4) is 0 Å². The lowest BCUT2D eigenvalue weighted by Gasteiger charge is -2.14. The van der Waals surface area contributed by atoms with Crippen LogP contribution in [0.15, 0.2) is 30.9 Å². The van der Waals surface area contributed by atoms with Gasteiger partial charge in [-0.05, 0) is 37.6 Å². The van der Waals surface area contributed by atoms with Gasteiger partial charge in [0.2, 0.25) is 5.91 Å². The lowest BCUT2D eigenvalue weighted by atomic mass is 10.2. The number of carbonyl (C=O) groups is 1. The number of hydrogen-bond acceptors (Lipinski definition) is 4. The summed E-state index contributed by atoms with van der Waals surface area (Å²) in [6.07, 6.45) is 3.09. The molecule has 1 atom stereocenters. The molecule has 7 heteroatoms. The van der Waals surface area contributed by atoms with Crippen LogP contribution < -0.4 is 10.6 Å². The van der Waals surface area contributed by atoms with Crippen LogP contribution in [0.1, 0.15) is 12.5 Å². The van der Waals surface area contributed by atoms with Crippen molar-refractivity contribution in [1.29, 1.82) is 0 Å². The van der Waals surface area contributed by atoms with Gasteiger partial charge in [0.05, 0.1) is 13.1 Å². The highest BCUT2D eigenvalue weighted by atomic mass is 19.1. The van der Waals surface area contributed by atoms with E-state index in [1.807, 2.05) is 6.92 Å².